The maximum atomic E-state index is 12.7. The van der Waals surface area contributed by atoms with Gasteiger partial charge in [0.15, 0.2) is 0 Å². The summed E-state index contributed by atoms with van der Waals surface area (Å²) < 4.78 is 26.4. The molecule has 8 nitrogen and oxygen atoms in total. The summed E-state index contributed by atoms with van der Waals surface area (Å²) in [5, 5.41) is 0. The molecule has 0 atom stereocenters. The zero-order valence-electron chi connectivity index (χ0n) is 25.0. The van der Waals surface area contributed by atoms with Gasteiger partial charge in [-0.2, -0.15) is 0 Å². The standard InChI is InChI=1S/C37H34O8/c1-4-41-35(38)6-5-23-42-33-19-21-34(22-20-33)45-37(40)31-13-11-29(12-14-31)27-7-9-28(10-8-27)30-15-17-32(18-16-30)43-24-25-44-36(39)26(2)3/h4,7-22H,1-2,5-6,23-25H2,3H3. The molecule has 4 rings (SSSR count). The number of ether oxygens (including phenoxy) is 5. The summed E-state index contributed by atoms with van der Waals surface area (Å²) in [6.45, 7) is 9.25. The van der Waals surface area contributed by atoms with E-state index in [0.717, 1.165) is 28.5 Å². The lowest BCUT2D eigenvalue weighted by atomic mass is 9.99. The maximum Gasteiger partial charge on any atom is 0.343 e. The molecular weight excluding hydrogens is 572 g/mol. The minimum atomic E-state index is -0.466. The molecule has 0 bridgehead atoms. The Bertz CT molecular complexity index is 1600. The molecule has 230 valence electrons. The molecule has 0 amide bonds. The third-order valence-electron chi connectivity index (χ3n) is 6.50. The highest BCUT2D eigenvalue weighted by Gasteiger charge is 2.10. The van der Waals surface area contributed by atoms with E-state index in [2.05, 4.69) is 17.9 Å². The van der Waals surface area contributed by atoms with E-state index < -0.39 is 11.9 Å². The van der Waals surface area contributed by atoms with Crippen molar-refractivity contribution >= 4 is 17.9 Å². The van der Waals surface area contributed by atoms with Crippen LogP contribution in [0.1, 0.15) is 30.1 Å². The van der Waals surface area contributed by atoms with Crippen LogP contribution in [-0.2, 0) is 19.1 Å². The summed E-state index contributed by atoms with van der Waals surface area (Å²) in [7, 11) is 0. The van der Waals surface area contributed by atoms with E-state index in [1.54, 1.807) is 43.3 Å². The van der Waals surface area contributed by atoms with Gasteiger partial charge in [0.05, 0.1) is 18.4 Å². The monoisotopic (exact) mass is 606 g/mol. The number of hydrogen-bond donors (Lipinski definition) is 0. The molecule has 0 aliphatic carbocycles. The summed E-state index contributed by atoms with van der Waals surface area (Å²) in [6.07, 6.45) is 1.85. The van der Waals surface area contributed by atoms with Crippen molar-refractivity contribution in [2.45, 2.75) is 19.8 Å². The Hall–Kier alpha value is -5.63. The molecule has 0 saturated carbocycles. The van der Waals surface area contributed by atoms with Crippen molar-refractivity contribution in [3.63, 3.8) is 0 Å². The Morgan fingerprint density at radius 2 is 1.11 bits per heavy atom. The Morgan fingerprint density at radius 3 is 1.64 bits per heavy atom. The summed E-state index contributed by atoms with van der Waals surface area (Å²) in [4.78, 5) is 35.4. The van der Waals surface area contributed by atoms with Crippen LogP contribution >= 0.6 is 0 Å². The molecule has 0 unspecified atom stereocenters. The normalized spacial score (nSPS) is 10.3. The number of carbonyl (C=O) groups excluding carboxylic acids is 3. The van der Waals surface area contributed by atoms with E-state index in [4.69, 9.17) is 18.9 Å². The first-order valence-corrected chi connectivity index (χ1v) is 14.3. The highest BCUT2D eigenvalue weighted by Crippen LogP contribution is 2.27. The van der Waals surface area contributed by atoms with Crippen molar-refractivity contribution in [3.05, 3.63) is 128 Å². The lowest BCUT2D eigenvalue weighted by Crippen LogP contribution is -2.12. The summed E-state index contributed by atoms with van der Waals surface area (Å²) in [6, 6.07) is 29.8. The van der Waals surface area contributed by atoms with Gasteiger partial charge in [-0.15, -0.1) is 0 Å². The first kappa shape index (κ1) is 32.3. The second kappa shape index (κ2) is 16.3. The smallest absolute Gasteiger partial charge is 0.343 e. The fourth-order valence-corrected chi connectivity index (χ4v) is 4.14. The van der Waals surface area contributed by atoms with Crippen LogP contribution in [0.3, 0.4) is 0 Å². The minimum absolute atomic E-state index is 0.154. The van der Waals surface area contributed by atoms with Crippen molar-refractivity contribution in [3.8, 4) is 39.5 Å². The Kier molecular flexibility index (Phi) is 11.7. The summed E-state index contributed by atoms with van der Waals surface area (Å²) >= 11 is 0. The topological polar surface area (TPSA) is 97.4 Å². The van der Waals surface area contributed by atoms with E-state index in [-0.39, 0.29) is 25.6 Å². The minimum Gasteiger partial charge on any atom is -0.494 e. The SMILES string of the molecule is C=COC(=O)CCCOc1ccc(OC(=O)c2ccc(-c3ccc(-c4ccc(OCCOC(=O)C(=C)C)cc4)cc3)cc2)cc1. The van der Waals surface area contributed by atoms with Crippen LogP contribution in [0.2, 0.25) is 0 Å². The fraction of sp³-hybridized carbons (Fsp3) is 0.162. The molecule has 45 heavy (non-hydrogen) atoms. The van der Waals surface area contributed by atoms with Gasteiger partial charge >= 0.3 is 17.9 Å². The number of benzene rings is 4. The van der Waals surface area contributed by atoms with E-state index in [1.165, 1.54) is 0 Å². The molecule has 0 aliphatic rings. The van der Waals surface area contributed by atoms with Crippen molar-refractivity contribution in [2.24, 2.45) is 0 Å². The van der Waals surface area contributed by atoms with Gasteiger partial charge < -0.3 is 23.7 Å². The maximum absolute atomic E-state index is 12.7. The van der Waals surface area contributed by atoms with Gasteiger partial charge in [0.25, 0.3) is 0 Å². The fourth-order valence-electron chi connectivity index (χ4n) is 4.14. The number of carbonyl (C=O) groups is 3. The van der Waals surface area contributed by atoms with Crippen LogP contribution in [0.4, 0.5) is 0 Å². The van der Waals surface area contributed by atoms with Crippen LogP contribution in [0, 0.1) is 0 Å². The van der Waals surface area contributed by atoms with Gasteiger partial charge in [-0.05, 0) is 84.1 Å². The van der Waals surface area contributed by atoms with Gasteiger partial charge in [0.2, 0.25) is 0 Å². The van der Waals surface area contributed by atoms with E-state index in [0.29, 0.717) is 41.4 Å². The summed E-state index contributed by atoms with van der Waals surface area (Å²) in [5.41, 5.74) is 4.84. The average Bonchev–Trinajstić information content (AvgIpc) is 3.06. The van der Waals surface area contributed by atoms with Gasteiger partial charge in [-0.25, -0.2) is 9.59 Å². The van der Waals surface area contributed by atoms with Gasteiger partial charge in [-0.3, -0.25) is 4.79 Å². The van der Waals surface area contributed by atoms with Crippen molar-refractivity contribution < 1.29 is 38.1 Å². The number of esters is 3. The van der Waals surface area contributed by atoms with Crippen LogP contribution in [0.25, 0.3) is 22.3 Å². The molecule has 0 aliphatic heterocycles. The highest BCUT2D eigenvalue weighted by molar-refractivity contribution is 5.91. The third-order valence-corrected chi connectivity index (χ3v) is 6.50. The molecule has 4 aromatic carbocycles. The molecule has 8 heteroatoms. The first-order valence-electron chi connectivity index (χ1n) is 14.3. The van der Waals surface area contributed by atoms with Crippen LogP contribution in [-0.4, -0.2) is 37.7 Å². The third kappa shape index (κ3) is 9.96. The van der Waals surface area contributed by atoms with E-state index >= 15 is 0 Å². The van der Waals surface area contributed by atoms with Gasteiger partial charge in [0.1, 0.15) is 30.5 Å². The van der Waals surface area contributed by atoms with Crippen LogP contribution < -0.4 is 14.2 Å². The van der Waals surface area contributed by atoms with Crippen LogP contribution in [0.15, 0.2) is 122 Å². The largest absolute Gasteiger partial charge is 0.494 e. The zero-order valence-corrected chi connectivity index (χ0v) is 25.0. The Morgan fingerprint density at radius 1 is 0.644 bits per heavy atom. The lowest BCUT2D eigenvalue weighted by Gasteiger charge is -2.09. The Balaban J connectivity index is 1.25. The molecule has 0 fully saturated rings. The molecule has 0 saturated heterocycles. The number of rotatable bonds is 15. The first-order chi connectivity index (χ1) is 21.8. The van der Waals surface area contributed by atoms with E-state index in [9.17, 15) is 14.4 Å². The predicted molar refractivity (Wildman–Crippen MR) is 171 cm³/mol. The molecule has 4 aromatic rings. The predicted octanol–water partition coefficient (Wildman–Crippen LogP) is 7.58. The summed E-state index contributed by atoms with van der Waals surface area (Å²) in [5.74, 6) is 0.427. The highest BCUT2D eigenvalue weighted by atomic mass is 16.6. The van der Waals surface area contributed by atoms with Crippen molar-refractivity contribution in [1.29, 1.82) is 0 Å². The molecular formula is C37H34O8. The van der Waals surface area contributed by atoms with E-state index in [1.807, 2.05) is 60.7 Å². The second-order valence-electron chi connectivity index (χ2n) is 9.91. The molecule has 0 heterocycles. The molecule has 0 N–H and O–H groups in total. The second-order valence-corrected chi connectivity index (χ2v) is 9.91. The van der Waals surface area contributed by atoms with Crippen LogP contribution in [0.5, 0.6) is 17.2 Å². The lowest BCUT2D eigenvalue weighted by molar-refractivity contribution is -0.140. The van der Waals surface area contributed by atoms with Crippen molar-refractivity contribution in [2.75, 3.05) is 19.8 Å². The average molecular weight is 607 g/mol. The zero-order chi connectivity index (χ0) is 32.0. The van der Waals surface area contributed by atoms with Gasteiger partial charge in [0, 0.05) is 12.0 Å². The number of hydrogen-bond acceptors (Lipinski definition) is 8. The molecule has 0 radical (unpaired) electrons. The molecule has 0 spiro atoms. The Labute approximate surface area is 262 Å². The van der Waals surface area contributed by atoms with Crippen molar-refractivity contribution in [1.82, 2.24) is 0 Å². The molecule has 0 aromatic heterocycles. The van der Waals surface area contributed by atoms with Gasteiger partial charge in [-0.1, -0.05) is 61.7 Å². The quantitative estimate of drug-likeness (QED) is 0.0449.